The molecule has 6 heteroatoms. The number of hydrazone groups is 1. The van der Waals surface area contributed by atoms with Gasteiger partial charge in [0.05, 0.1) is 6.21 Å². The standard InChI is InChI=1S/C19H15FN2O2S/c20-15-6-8-16(9-7-15)24-13-19(23)22-21-12-17-10-11-18(25-17)14-4-2-1-3-5-14/h1-12H,13H2,(H,22,23)/b21-12-. The summed E-state index contributed by atoms with van der Waals surface area (Å²) in [6.07, 6.45) is 1.59. The quantitative estimate of drug-likeness (QED) is 0.536. The normalized spacial score (nSPS) is 10.8. The molecule has 0 saturated heterocycles. The van der Waals surface area contributed by atoms with Crippen molar-refractivity contribution in [2.24, 2.45) is 5.10 Å². The smallest absolute Gasteiger partial charge is 0.277 e. The molecule has 0 aliphatic rings. The molecule has 1 heterocycles. The van der Waals surface area contributed by atoms with Crippen molar-refractivity contribution in [3.05, 3.63) is 77.4 Å². The van der Waals surface area contributed by atoms with E-state index in [0.29, 0.717) is 5.75 Å². The summed E-state index contributed by atoms with van der Waals surface area (Å²) < 4.78 is 18.0. The first-order valence-electron chi connectivity index (χ1n) is 7.56. The minimum absolute atomic E-state index is 0.192. The van der Waals surface area contributed by atoms with E-state index in [0.717, 1.165) is 15.3 Å². The third-order valence-corrected chi connectivity index (χ3v) is 4.32. The molecule has 0 spiro atoms. The van der Waals surface area contributed by atoms with Crippen LogP contribution in [0.2, 0.25) is 0 Å². The van der Waals surface area contributed by atoms with Crippen LogP contribution in [0.5, 0.6) is 5.75 Å². The van der Waals surface area contributed by atoms with E-state index in [-0.39, 0.29) is 18.3 Å². The summed E-state index contributed by atoms with van der Waals surface area (Å²) in [4.78, 5) is 13.7. The number of carbonyl (C=O) groups excluding carboxylic acids is 1. The minimum Gasteiger partial charge on any atom is -0.484 e. The molecule has 0 bridgehead atoms. The van der Waals surface area contributed by atoms with E-state index in [1.165, 1.54) is 24.3 Å². The van der Waals surface area contributed by atoms with Crippen molar-refractivity contribution in [3.8, 4) is 16.2 Å². The summed E-state index contributed by atoms with van der Waals surface area (Å²) in [5.74, 6) is -0.320. The number of hydrogen-bond donors (Lipinski definition) is 1. The van der Waals surface area contributed by atoms with E-state index in [1.807, 2.05) is 42.5 Å². The zero-order chi connectivity index (χ0) is 17.5. The molecule has 0 aliphatic carbocycles. The van der Waals surface area contributed by atoms with Gasteiger partial charge in [-0.2, -0.15) is 5.10 Å². The van der Waals surface area contributed by atoms with Crippen molar-refractivity contribution < 1.29 is 13.9 Å². The van der Waals surface area contributed by atoms with E-state index in [2.05, 4.69) is 10.5 Å². The first-order chi connectivity index (χ1) is 12.2. The lowest BCUT2D eigenvalue weighted by Gasteiger charge is -2.04. The van der Waals surface area contributed by atoms with Crippen molar-refractivity contribution in [2.45, 2.75) is 0 Å². The molecule has 3 aromatic rings. The molecule has 1 N–H and O–H groups in total. The predicted molar refractivity (Wildman–Crippen MR) is 97.4 cm³/mol. The van der Waals surface area contributed by atoms with Crippen LogP contribution in [0.3, 0.4) is 0 Å². The van der Waals surface area contributed by atoms with Gasteiger partial charge in [-0.1, -0.05) is 30.3 Å². The van der Waals surface area contributed by atoms with Crippen LogP contribution in [-0.2, 0) is 4.79 Å². The summed E-state index contributed by atoms with van der Waals surface area (Å²) in [5.41, 5.74) is 3.54. The topological polar surface area (TPSA) is 50.7 Å². The number of carbonyl (C=O) groups is 1. The van der Waals surface area contributed by atoms with Crippen LogP contribution in [-0.4, -0.2) is 18.7 Å². The van der Waals surface area contributed by atoms with Gasteiger partial charge in [0.25, 0.3) is 5.91 Å². The largest absolute Gasteiger partial charge is 0.484 e. The van der Waals surface area contributed by atoms with Gasteiger partial charge in [-0.15, -0.1) is 11.3 Å². The van der Waals surface area contributed by atoms with Crippen molar-refractivity contribution in [1.29, 1.82) is 0 Å². The Balaban J connectivity index is 1.48. The van der Waals surface area contributed by atoms with Gasteiger partial charge >= 0.3 is 0 Å². The van der Waals surface area contributed by atoms with E-state index in [4.69, 9.17) is 4.74 Å². The lowest BCUT2D eigenvalue weighted by atomic mass is 10.2. The number of nitrogens with zero attached hydrogens (tertiary/aromatic N) is 1. The SMILES string of the molecule is O=C(COc1ccc(F)cc1)N/N=C\c1ccc(-c2ccccc2)s1. The molecular weight excluding hydrogens is 339 g/mol. The molecule has 0 unspecified atom stereocenters. The maximum absolute atomic E-state index is 12.8. The monoisotopic (exact) mass is 354 g/mol. The van der Waals surface area contributed by atoms with Gasteiger partial charge in [-0.05, 0) is 42.0 Å². The first-order valence-corrected chi connectivity index (χ1v) is 8.38. The van der Waals surface area contributed by atoms with Crippen molar-refractivity contribution in [1.82, 2.24) is 5.43 Å². The van der Waals surface area contributed by atoms with Crippen LogP contribution < -0.4 is 10.2 Å². The Bertz CT molecular complexity index is 861. The molecule has 25 heavy (non-hydrogen) atoms. The van der Waals surface area contributed by atoms with Crippen LogP contribution in [0.1, 0.15) is 4.88 Å². The summed E-state index contributed by atoms with van der Waals surface area (Å²) in [6, 6.07) is 19.5. The number of ether oxygens (including phenoxy) is 1. The summed E-state index contributed by atoms with van der Waals surface area (Å²) in [7, 11) is 0. The van der Waals surface area contributed by atoms with Gasteiger partial charge in [0.1, 0.15) is 11.6 Å². The second-order valence-corrected chi connectivity index (χ2v) is 6.22. The zero-order valence-corrected chi connectivity index (χ0v) is 14.0. The minimum atomic E-state index is -0.389. The maximum atomic E-state index is 12.8. The Morgan fingerprint density at radius 2 is 1.84 bits per heavy atom. The van der Waals surface area contributed by atoms with Crippen molar-refractivity contribution >= 4 is 23.5 Å². The number of halogens is 1. The summed E-state index contributed by atoms with van der Waals surface area (Å²) in [6.45, 7) is -0.192. The predicted octanol–water partition coefficient (Wildman–Crippen LogP) is 4.08. The zero-order valence-electron chi connectivity index (χ0n) is 13.2. The number of amides is 1. The van der Waals surface area contributed by atoms with Gasteiger partial charge in [-0.25, -0.2) is 9.82 Å². The average molecular weight is 354 g/mol. The number of nitrogens with one attached hydrogen (secondary N) is 1. The van der Waals surface area contributed by atoms with Crippen LogP contribution in [0.25, 0.3) is 10.4 Å². The van der Waals surface area contributed by atoms with E-state index in [9.17, 15) is 9.18 Å². The molecule has 1 aromatic heterocycles. The summed E-state index contributed by atoms with van der Waals surface area (Å²) >= 11 is 1.58. The molecule has 0 atom stereocenters. The highest BCUT2D eigenvalue weighted by Crippen LogP contribution is 2.26. The number of hydrogen-bond acceptors (Lipinski definition) is 4. The fourth-order valence-corrected chi connectivity index (χ4v) is 2.95. The second kappa shape index (κ2) is 8.21. The number of rotatable bonds is 6. The fourth-order valence-electron chi connectivity index (χ4n) is 2.06. The van der Waals surface area contributed by atoms with Crippen molar-refractivity contribution in [2.75, 3.05) is 6.61 Å². The molecule has 2 aromatic carbocycles. The van der Waals surface area contributed by atoms with Gasteiger partial charge in [0.2, 0.25) is 0 Å². The van der Waals surface area contributed by atoms with E-state index in [1.54, 1.807) is 17.6 Å². The van der Waals surface area contributed by atoms with Crippen LogP contribution >= 0.6 is 11.3 Å². The highest BCUT2D eigenvalue weighted by molar-refractivity contribution is 7.17. The van der Waals surface area contributed by atoms with E-state index < -0.39 is 0 Å². The molecular formula is C19H15FN2O2S. The van der Waals surface area contributed by atoms with E-state index >= 15 is 0 Å². The number of thiophene rings is 1. The maximum Gasteiger partial charge on any atom is 0.277 e. The lowest BCUT2D eigenvalue weighted by molar-refractivity contribution is -0.123. The molecule has 0 radical (unpaired) electrons. The van der Waals surface area contributed by atoms with Crippen LogP contribution in [0.4, 0.5) is 4.39 Å². The Hall–Kier alpha value is -2.99. The Labute approximate surface area is 148 Å². The summed E-state index contributed by atoms with van der Waals surface area (Å²) in [5, 5.41) is 3.92. The van der Waals surface area contributed by atoms with Gasteiger partial charge < -0.3 is 4.74 Å². The van der Waals surface area contributed by atoms with Gasteiger partial charge in [-0.3, -0.25) is 4.79 Å². The van der Waals surface area contributed by atoms with Crippen molar-refractivity contribution in [3.63, 3.8) is 0 Å². The Kier molecular flexibility index (Phi) is 5.53. The third kappa shape index (κ3) is 4.99. The highest BCUT2D eigenvalue weighted by atomic mass is 32.1. The Morgan fingerprint density at radius 3 is 2.60 bits per heavy atom. The van der Waals surface area contributed by atoms with Gasteiger partial charge in [0, 0.05) is 9.75 Å². The molecule has 126 valence electrons. The second-order valence-electron chi connectivity index (χ2n) is 5.10. The average Bonchev–Trinajstić information content (AvgIpc) is 3.11. The molecule has 0 aliphatic heterocycles. The molecule has 0 saturated carbocycles. The van der Waals surface area contributed by atoms with Crippen LogP contribution in [0.15, 0.2) is 71.8 Å². The molecule has 3 rings (SSSR count). The molecule has 1 amide bonds. The first kappa shape index (κ1) is 16.9. The molecule has 4 nitrogen and oxygen atoms in total. The number of benzene rings is 2. The highest BCUT2D eigenvalue weighted by Gasteiger charge is 2.03. The third-order valence-electron chi connectivity index (χ3n) is 3.25. The fraction of sp³-hybridized carbons (Fsp3) is 0.0526. The lowest BCUT2D eigenvalue weighted by Crippen LogP contribution is -2.24. The van der Waals surface area contributed by atoms with Crippen LogP contribution in [0, 0.1) is 5.82 Å². The Morgan fingerprint density at radius 1 is 1.08 bits per heavy atom. The molecule has 0 fully saturated rings. The van der Waals surface area contributed by atoms with Gasteiger partial charge in [0.15, 0.2) is 6.61 Å².